The lowest BCUT2D eigenvalue weighted by atomic mass is 10.1. The van der Waals surface area contributed by atoms with E-state index in [4.69, 9.17) is 4.42 Å². The lowest BCUT2D eigenvalue weighted by Crippen LogP contribution is -2.50. The third kappa shape index (κ3) is 3.59. The van der Waals surface area contributed by atoms with E-state index < -0.39 is 0 Å². The topological polar surface area (TPSA) is 80.3 Å². The van der Waals surface area contributed by atoms with Gasteiger partial charge in [0.15, 0.2) is 11.6 Å². The molecule has 3 aromatic rings. The molecule has 0 unspecified atom stereocenters. The van der Waals surface area contributed by atoms with Gasteiger partial charge in [-0.3, -0.25) is 9.69 Å². The van der Waals surface area contributed by atoms with E-state index in [9.17, 15) is 4.79 Å². The molecular formula is C19H24N6O2S. The molecule has 1 atom stereocenters. The Morgan fingerprint density at radius 3 is 2.57 bits per heavy atom. The van der Waals surface area contributed by atoms with Crippen molar-refractivity contribution in [3.05, 3.63) is 52.4 Å². The highest BCUT2D eigenvalue weighted by Crippen LogP contribution is 2.33. The predicted octanol–water partition coefficient (Wildman–Crippen LogP) is 2.63. The fourth-order valence-corrected chi connectivity index (χ4v) is 4.35. The van der Waals surface area contributed by atoms with Crippen molar-refractivity contribution in [1.29, 1.82) is 0 Å². The zero-order valence-electron chi connectivity index (χ0n) is 16.3. The van der Waals surface area contributed by atoms with Gasteiger partial charge < -0.3 is 9.32 Å². The molecule has 0 spiro atoms. The Morgan fingerprint density at radius 1 is 1.18 bits per heavy atom. The molecule has 148 valence electrons. The minimum atomic E-state index is -0.217. The first-order valence-electron chi connectivity index (χ1n) is 9.34. The SMILES string of the molecule is CC(C)(C)n1nnnc1[C@@H](c1cccs1)N1CCN(C(=O)c2ccco2)CC1. The van der Waals surface area contributed by atoms with Crippen LogP contribution in [-0.4, -0.2) is 62.1 Å². The summed E-state index contributed by atoms with van der Waals surface area (Å²) in [4.78, 5) is 18.0. The van der Waals surface area contributed by atoms with Crippen LogP contribution in [0.5, 0.6) is 0 Å². The average Bonchev–Trinajstić information content (AvgIpc) is 3.43. The number of piperazine rings is 1. The second kappa shape index (κ2) is 7.48. The molecule has 4 heterocycles. The number of carbonyl (C=O) groups excluding carboxylic acids is 1. The lowest BCUT2D eigenvalue weighted by molar-refractivity contribution is 0.0558. The Balaban J connectivity index is 1.57. The van der Waals surface area contributed by atoms with Crippen molar-refractivity contribution in [3.8, 4) is 0 Å². The summed E-state index contributed by atoms with van der Waals surface area (Å²) < 4.78 is 7.16. The van der Waals surface area contributed by atoms with Gasteiger partial charge in [-0.1, -0.05) is 6.07 Å². The van der Waals surface area contributed by atoms with Crippen LogP contribution < -0.4 is 0 Å². The number of furan rings is 1. The van der Waals surface area contributed by atoms with Gasteiger partial charge in [0.25, 0.3) is 5.91 Å². The molecule has 8 nitrogen and oxygen atoms in total. The van der Waals surface area contributed by atoms with Crippen LogP contribution in [0, 0.1) is 0 Å². The maximum Gasteiger partial charge on any atom is 0.289 e. The van der Waals surface area contributed by atoms with Gasteiger partial charge in [-0.2, -0.15) is 0 Å². The summed E-state index contributed by atoms with van der Waals surface area (Å²) in [6, 6.07) is 7.59. The van der Waals surface area contributed by atoms with Gasteiger partial charge in [-0.25, -0.2) is 4.68 Å². The maximum absolute atomic E-state index is 12.6. The van der Waals surface area contributed by atoms with Gasteiger partial charge in [0.2, 0.25) is 0 Å². The van der Waals surface area contributed by atoms with Crippen LogP contribution in [0.15, 0.2) is 40.3 Å². The number of thiophene rings is 1. The molecule has 1 amide bonds. The van der Waals surface area contributed by atoms with Crippen molar-refractivity contribution in [2.24, 2.45) is 0 Å². The van der Waals surface area contributed by atoms with E-state index >= 15 is 0 Å². The molecule has 0 aliphatic carbocycles. The van der Waals surface area contributed by atoms with Gasteiger partial charge in [0.1, 0.15) is 6.04 Å². The molecule has 1 fully saturated rings. The molecule has 4 rings (SSSR count). The second-order valence-electron chi connectivity index (χ2n) is 7.84. The van der Waals surface area contributed by atoms with Crippen molar-refractivity contribution in [1.82, 2.24) is 30.0 Å². The van der Waals surface area contributed by atoms with Crippen LogP contribution in [0.3, 0.4) is 0 Å². The number of nitrogens with zero attached hydrogens (tertiary/aromatic N) is 6. The van der Waals surface area contributed by atoms with Crippen LogP contribution in [0.1, 0.15) is 48.1 Å². The quantitative estimate of drug-likeness (QED) is 0.670. The summed E-state index contributed by atoms with van der Waals surface area (Å²) in [5.74, 6) is 1.16. The molecule has 0 radical (unpaired) electrons. The summed E-state index contributed by atoms with van der Waals surface area (Å²) >= 11 is 1.70. The zero-order valence-corrected chi connectivity index (χ0v) is 17.1. The van der Waals surface area contributed by atoms with E-state index in [1.165, 1.54) is 11.1 Å². The number of hydrogen-bond acceptors (Lipinski definition) is 7. The van der Waals surface area contributed by atoms with Gasteiger partial charge in [0.05, 0.1) is 11.8 Å². The van der Waals surface area contributed by atoms with Crippen molar-refractivity contribution in [2.45, 2.75) is 32.4 Å². The summed E-state index contributed by atoms with van der Waals surface area (Å²) in [5, 5.41) is 14.7. The largest absolute Gasteiger partial charge is 0.459 e. The summed E-state index contributed by atoms with van der Waals surface area (Å²) in [5.41, 5.74) is -0.217. The van der Waals surface area contributed by atoms with E-state index in [0.717, 1.165) is 18.9 Å². The number of amides is 1. The van der Waals surface area contributed by atoms with Crippen molar-refractivity contribution >= 4 is 17.2 Å². The predicted molar refractivity (Wildman–Crippen MR) is 105 cm³/mol. The molecule has 0 bridgehead atoms. The molecule has 28 heavy (non-hydrogen) atoms. The van der Waals surface area contributed by atoms with Crippen LogP contribution in [-0.2, 0) is 5.54 Å². The molecule has 0 aromatic carbocycles. The molecule has 0 N–H and O–H groups in total. The van der Waals surface area contributed by atoms with E-state index in [0.29, 0.717) is 18.8 Å². The van der Waals surface area contributed by atoms with Gasteiger partial charge in [-0.15, -0.1) is 16.4 Å². The standard InChI is InChI=1S/C19H24N6O2S/c1-19(2,3)25-17(20-21-22-25)16(15-7-5-13-28-15)23-8-10-24(11-9-23)18(26)14-6-4-12-27-14/h4-7,12-13,16H,8-11H2,1-3H3/t16-/m1/s1. The van der Waals surface area contributed by atoms with Crippen molar-refractivity contribution in [2.75, 3.05) is 26.2 Å². The lowest BCUT2D eigenvalue weighted by Gasteiger charge is -2.38. The molecule has 0 saturated carbocycles. The van der Waals surface area contributed by atoms with Crippen molar-refractivity contribution in [3.63, 3.8) is 0 Å². The molecule has 9 heteroatoms. The van der Waals surface area contributed by atoms with Crippen LogP contribution in [0.2, 0.25) is 0 Å². The average molecular weight is 401 g/mol. The highest BCUT2D eigenvalue weighted by atomic mass is 32.1. The fourth-order valence-electron chi connectivity index (χ4n) is 3.50. The third-order valence-corrected chi connectivity index (χ3v) is 5.81. The van der Waals surface area contributed by atoms with Gasteiger partial charge in [-0.05, 0) is 54.8 Å². The minimum absolute atomic E-state index is 0.0323. The van der Waals surface area contributed by atoms with Crippen LogP contribution in [0.25, 0.3) is 0 Å². The first-order chi connectivity index (χ1) is 13.4. The third-order valence-electron chi connectivity index (χ3n) is 4.88. The second-order valence-corrected chi connectivity index (χ2v) is 8.82. The number of tetrazole rings is 1. The molecule has 1 aliphatic rings. The number of rotatable bonds is 4. The van der Waals surface area contributed by atoms with Crippen LogP contribution >= 0.6 is 11.3 Å². The number of carbonyl (C=O) groups is 1. The summed E-state index contributed by atoms with van der Waals surface area (Å²) in [6.07, 6.45) is 1.53. The smallest absolute Gasteiger partial charge is 0.289 e. The van der Waals surface area contributed by atoms with Gasteiger partial charge >= 0.3 is 0 Å². The van der Waals surface area contributed by atoms with Gasteiger partial charge in [0, 0.05) is 31.1 Å². The Kier molecular flexibility index (Phi) is 5.03. The Morgan fingerprint density at radius 2 is 1.96 bits per heavy atom. The molecule has 3 aromatic heterocycles. The first-order valence-corrected chi connectivity index (χ1v) is 10.2. The maximum atomic E-state index is 12.6. The minimum Gasteiger partial charge on any atom is -0.459 e. The molecular weight excluding hydrogens is 376 g/mol. The van der Waals surface area contributed by atoms with Crippen LogP contribution in [0.4, 0.5) is 0 Å². The van der Waals surface area contributed by atoms with E-state index in [1.54, 1.807) is 23.5 Å². The highest BCUT2D eigenvalue weighted by Gasteiger charge is 2.34. The Labute approximate surface area is 167 Å². The summed E-state index contributed by atoms with van der Waals surface area (Å²) in [6.45, 7) is 9.05. The Hall–Kier alpha value is -2.52. The monoisotopic (exact) mass is 400 g/mol. The van der Waals surface area contributed by atoms with E-state index in [2.05, 4.69) is 58.7 Å². The van der Waals surface area contributed by atoms with Crippen molar-refractivity contribution < 1.29 is 9.21 Å². The molecule has 1 aliphatic heterocycles. The fraction of sp³-hybridized carbons (Fsp3) is 0.474. The number of hydrogen-bond donors (Lipinski definition) is 0. The van der Waals surface area contributed by atoms with E-state index in [1.807, 2.05) is 9.58 Å². The normalized spacial score (nSPS) is 17.0. The molecule has 1 saturated heterocycles. The van der Waals surface area contributed by atoms with E-state index in [-0.39, 0.29) is 17.5 Å². The summed E-state index contributed by atoms with van der Waals surface area (Å²) in [7, 11) is 0. The number of aromatic nitrogens is 4. The highest BCUT2D eigenvalue weighted by molar-refractivity contribution is 7.10. The zero-order chi connectivity index (χ0) is 19.7. The first kappa shape index (κ1) is 18.8. The Bertz CT molecular complexity index is 905.